The van der Waals surface area contributed by atoms with Crippen molar-refractivity contribution in [2.45, 2.75) is 26.6 Å². The molecule has 0 N–H and O–H groups in total. The number of alkyl halides is 4. The van der Waals surface area contributed by atoms with Crippen molar-refractivity contribution in [1.82, 2.24) is 9.88 Å². The van der Waals surface area contributed by atoms with Gasteiger partial charge in [0, 0.05) is 16.8 Å². The average Bonchev–Trinajstić information content (AvgIpc) is 2.43. The van der Waals surface area contributed by atoms with Gasteiger partial charge in [-0.25, -0.2) is 4.98 Å². The van der Waals surface area contributed by atoms with Gasteiger partial charge in [0.2, 0.25) is 0 Å². The first-order valence-electron chi connectivity index (χ1n) is 5.10. The maximum atomic E-state index is 12.3. The van der Waals surface area contributed by atoms with Crippen LogP contribution in [-0.2, 0) is 6.54 Å². The number of rotatable bonds is 5. The lowest BCUT2D eigenvalue weighted by molar-refractivity contribution is -0.146. The SMILES string of the molecule is Cc1nc(CN(CCBr)CC(F)(F)F)sc1C. The fraction of sp³-hybridized carbons (Fsp3) is 0.700. The van der Waals surface area contributed by atoms with E-state index in [2.05, 4.69) is 20.9 Å². The molecule has 0 aliphatic carbocycles. The summed E-state index contributed by atoms with van der Waals surface area (Å²) in [7, 11) is 0. The van der Waals surface area contributed by atoms with Gasteiger partial charge in [0.25, 0.3) is 0 Å². The molecule has 98 valence electrons. The number of nitrogens with zero attached hydrogens (tertiary/aromatic N) is 2. The maximum Gasteiger partial charge on any atom is 0.401 e. The number of hydrogen-bond acceptors (Lipinski definition) is 3. The van der Waals surface area contributed by atoms with Crippen LogP contribution in [0.15, 0.2) is 0 Å². The van der Waals surface area contributed by atoms with E-state index in [1.54, 1.807) is 0 Å². The van der Waals surface area contributed by atoms with Gasteiger partial charge in [-0.3, -0.25) is 4.90 Å². The van der Waals surface area contributed by atoms with Gasteiger partial charge in [0.05, 0.1) is 18.8 Å². The van der Waals surface area contributed by atoms with Gasteiger partial charge in [-0.05, 0) is 13.8 Å². The molecule has 0 aromatic carbocycles. The van der Waals surface area contributed by atoms with Crippen LogP contribution in [0.4, 0.5) is 13.2 Å². The van der Waals surface area contributed by atoms with Crippen LogP contribution in [0, 0.1) is 13.8 Å². The molecule has 1 rings (SSSR count). The molecule has 1 heterocycles. The molecule has 0 unspecified atom stereocenters. The Labute approximate surface area is 111 Å². The fourth-order valence-corrected chi connectivity index (χ4v) is 2.86. The second-order valence-corrected chi connectivity index (χ2v) is 5.84. The van der Waals surface area contributed by atoms with Crippen LogP contribution in [-0.4, -0.2) is 34.5 Å². The molecule has 0 amide bonds. The molecule has 0 saturated heterocycles. The number of halogens is 4. The first-order chi connectivity index (χ1) is 7.81. The first kappa shape index (κ1) is 14.9. The highest BCUT2D eigenvalue weighted by molar-refractivity contribution is 9.09. The van der Waals surface area contributed by atoms with E-state index in [4.69, 9.17) is 0 Å². The Bertz CT molecular complexity index is 345. The van der Waals surface area contributed by atoms with Crippen molar-refractivity contribution in [1.29, 1.82) is 0 Å². The number of aromatic nitrogens is 1. The molecule has 0 aliphatic heterocycles. The Balaban J connectivity index is 2.66. The van der Waals surface area contributed by atoms with Crippen molar-refractivity contribution in [2.24, 2.45) is 0 Å². The van der Waals surface area contributed by atoms with E-state index in [-0.39, 0.29) is 6.54 Å². The largest absolute Gasteiger partial charge is 0.401 e. The van der Waals surface area contributed by atoms with E-state index in [9.17, 15) is 13.2 Å². The van der Waals surface area contributed by atoms with Crippen LogP contribution in [0.25, 0.3) is 0 Å². The second kappa shape index (κ2) is 6.15. The van der Waals surface area contributed by atoms with E-state index in [1.807, 2.05) is 13.8 Å². The van der Waals surface area contributed by atoms with E-state index >= 15 is 0 Å². The molecule has 0 fully saturated rings. The zero-order valence-electron chi connectivity index (χ0n) is 9.64. The van der Waals surface area contributed by atoms with E-state index in [0.717, 1.165) is 15.6 Å². The number of aryl methyl sites for hydroxylation is 2. The summed E-state index contributed by atoms with van der Waals surface area (Å²) < 4.78 is 37.0. The van der Waals surface area contributed by atoms with Gasteiger partial charge >= 0.3 is 6.18 Å². The molecule has 17 heavy (non-hydrogen) atoms. The summed E-state index contributed by atoms with van der Waals surface area (Å²) >= 11 is 4.62. The van der Waals surface area contributed by atoms with Gasteiger partial charge < -0.3 is 0 Å². The van der Waals surface area contributed by atoms with Gasteiger partial charge in [-0.15, -0.1) is 11.3 Å². The third kappa shape index (κ3) is 5.35. The summed E-state index contributed by atoms with van der Waals surface area (Å²) in [5.74, 6) is 0. The average molecular weight is 331 g/mol. The van der Waals surface area contributed by atoms with Crippen LogP contribution in [0.1, 0.15) is 15.6 Å². The van der Waals surface area contributed by atoms with Crippen LogP contribution in [0.2, 0.25) is 0 Å². The maximum absolute atomic E-state index is 12.3. The minimum atomic E-state index is -4.16. The summed E-state index contributed by atoms with van der Waals surface area (Å²) in [6.45, 7) is 3.51. The molecule has 1 aromatic rings. The molecule has 2 nitrogen and oxygen atoms in total. The van der Waals surface area contributed by atoms with Crippen molar-refractivity contribution < 1.29 is 13.2 Å². The second-order valence-electron chi connectivity index (χ2n) is 3.76. The lowest BCUT2D eigenvalue weighted by Crippen LogP contribution is -2.35. The Morgan fingerprint density at radius 3 is 2.41 bits per heavy atom. The Hall–Kier alpha value is -0.140. The van der Waals surface area contributed by atoms with Gasteiger partial charge in [-0.2, -0.15) is 13.2 Å². The predicted octanol–water partition coefficient (Wildman–Crippen LogP) is 3.52. The quantitative estimate of drug-likeness (QED) is 0.768. The van der Waals surface area contributed by atoms with Crippen LogP contribution < -0.4 is 0 Å². The molecule has 0 aliphatic rings. The van der Waals surface area contributed by atoms with Crippen LogP contribution in [0.5, 0.6) is 0 Å². The smallest absolute Gasteiger partial charge is 0.287 e. The van der Waals surface area contributed by atoms with Crippen molar-refractivity contribution in [3.8, 4) is 0 Å². The number of hydrogen-bond donors (Lipinski definition) is 0. The highest BCUT2D eigenvalue weighted by atomic mass is 79.9. The summed E-state index contributed by atoms with van der Waals surface area (Å²) in [5, 5.41) is 1.26. The lowest BCUT2D eigenvalue weighted by Gasteiger charge is -2.21. The van der Waals surface area contributed by atoms with Gasteiger partial charge in [0.15, 0.2) is 0 Å². The topological polar surface area (TPSA) is 16.1 Å². The van der Waals surface area contributed by atoms with Gasteiger partial charge in [-0.1, -0.05) is 15.9 Å². The predicted molar refractivity (Wildman–Crippen MR) is 66.7 cm³/mol. The zero-order valence-corrected chi connectivity index (χ0v) is 12.0. The summed E-state index contributed by atoms with van der Waals surface area (Å²) in [6.07, 6.45) is -4.16. The molecule has 0 radical (unpaired) electrons. The minimum Gasteiger partial charge on any atom is -0.287 e. The Morgan fingerprint density at radius 2 is 2.00 bits per heavy atom. The van der Waals surface area contributed by atoms with Crippen molar-refractivity contribution >= 4 is 27.3 Å². The summed E-state index contributed by atoms with van der Waals surface area (Å²) in [5.41, 5.74) is 0.899. The van der Waals surface area contributed by atoms with Crippen LogP contribution in [0.3, 0.4) is 0 Å². The molecule has 0 spiro atoms. The van der Waals surface area contributed by atoms with Gasteiger partial charge in [0.1, 0.15) is 5.01 Å². The summed E-state index contributed by atoms with van der Waals surface area (Å²) in [4.78, 5) is 6.67. The third-order valence-corrected chi connectivity index (χ3v) is 3.65. The first-order valence-corrected chi connectivity index (χ1v) is 7.03. The van der Waals surface area contributed by atoms with Crippen molar-refractivity contribution in [2.75, 3.05) is 18.4 Å². The molecule has 7 heteroatoms. The van der Waals surface area contributed by atoms with E-state index in [1.165, 1.54) is 16.2 Å². The minimum absolute atomic E-state index is 0.254. The Morgan fingerprint density at radius 1 is 1.35 bits per heavy atom. The molecule has 0 bridgehead atoms. The standard InChI is InChI=1S/C10H14BrF3N2S/c1-7-8(2)17-9(15-7)5-16(4-3-11)6-10(12,13)14/h3-6H2,1-2H3. The summed E-state index contributed by atoms with van der Waals surface area (Å²) in [6, 6.07) is 0. The van der Waals surface area contributed by atoms with E-state index in [0.29, 0.717) is 11.9 Å². The molecule has 1 aromatic heterocycles. The third-order valence-electron chi connectivity index (χ3n) is 2.24. The monoisotopic (exact) mass is 330 g/mol. The molecule has 0 saturated carbocycles. The van der Waals surface area contributed by atoms with Crippen LogP contribution >= 0.6 is 27.3 Å². The van der Waals surface area contributed by atoms with E-state index < -0.39 is 12.7 Å². The Kier molecular flexibility index (Phi) is 5.40. The normalized spacial score (nSPS) is 12.4. The molecule has 0 atom stereocenters. The zero-order chi connectivity index (χ0) is 13.1. The molecular formula is C10H14BrF3N2S. The lowest BCUT2D eigenvalue weighted by atomic mass is 10.4. The highest BCUT2D eigenvalue weighted by Gasteiger charge is 2.30. The number of thiazole rings is 1. The fourth-order valence-electron chi connectivity index (χ4n) is 1.39. The van der Waals surface area contributed by atoms with Crippen molar-refractivity contribution in [3.05, 3.63) is 15.6 Å². The molecular weight excluding hydrogens is 317 g/mol. The van der Waals surface area contributed by atoms with Crippen molar-refractivity contribution in [3.63, 3.8) is 0 Å². The highest BCUT2D eigenvalue weighted by Crippen LogP contribution is 2.21.